The Kier molecular flexibility index (Phi) is 20.6. The van der Waals surface area contributed by atoms with Crippen molar-refractivity contribution in [2.24, 2.45) is 0 Å². The second-order valence-electron chi connectivity index (χ2n) is 19.4. The molecule has 69 heavy (non-hydrogen) atoms. The average Bonchev–Trinajstić information content (AvgIpc) is 4.17. The lowest BCUT2D eigenvalue weighted by atomic mass is 9.89. The van der Waals surface area contributed by atoms with Gasteiger partial charge < -0.3 is 0 Å². The molecule has 7 heterocycles. The van der Waals surface area contributed by atoms with Gasteiger partial charge in [-0.25, -0.2) is 16.8 Å². The molecule has 0 aromatic carbocycles. The standard InChI is InChI=1S/C54H72O4S11/c1-7-10-12-14-16-18-20-22-24-26-32-68(55,56)53(69(57,58)33-27-25-23-21-19-17-15-13-11-8-2)51-46-45(36(4)61-51)50(52(59)60)67-47(46)39-29-28-37(62-39)40-34-42-48(65-40)49-43(63-42)35-41(66-49)38-30-31-44(64-38)54(5,6)9-3/h28-31,34-35,59-60H,7-27,32-33H2,1-6H3. The van der Waals surface area contributed by atoms with Gasteiger partial charge in [-0.15, -0.1) is 105 Å². The predicted octanol–water partition coefficient (Wildman–Crippen LogP) is 19.2. The van der Waals surface area contributed by atoms with Crippen LogP contribution in [-0.4, -0.2) is 28.3 Å². The van der Waals surface area contributed by atoms with Gasteiger partial charge in [0.25, 0.3) is 0 Å². The Morgan fingerprint density at radius 2 is 0.942 bits per heavy atom. The third-order valence-corrected chi connectivity index (χ3v) is 28.5. The van der Waals surface area contributed by atoms with Gasteiger partial charge in [0, 0.05) is 54.3 Å². The zero-order chi connectivity index (χ0) is 49.3. The van der Waals surface area contributed by atoms with Crippen LogP contribution in [0.2, 0.25) is 0 Å². The molecule has 0 aliphatic rings. The molecule has 0 aliphatic heterocycles. The number of fused-ring (bicyclic) bond motifs is 4. The van der Waals surface area contributed by atoms with Crippen LogP contribution in [0.25, 0.3) is 67.3 Å². The first-order valence-corrected chi connectivity index (χ1v) is 35.3. The smallest absolute Gasteiger partial charge is 0.190 e. The van der Waals surface area contributed by atoms with Crippen LogP contribution in [0.4, 0.5) is 0 Å². The molecule has 0 saturated carbocycles. The summed E-state index contributed by atoms with van der Waals surface area (Å²) in [5, 5.41) is 1.56. The summed E-state index contributed by atoms with van der Waals surface area (Å²) in [5.74, 6) is -0.332. The number of thiol groups is 2. The summed E-state index contributed by atoms with van der Waals surface area (Å²) < 4.78 is 65.8. The maximum atomic E-state index is 14.8. The van der Waals surface area contributed by atoms with Crippen molar-refractivity contribution in [3.05, 3.63) is 55.2 Å². The van der Waals surface area contributed by atoms with Crippen molar-refractivity contribution in [2.75, 3.05) is 11.5 Å². The van der Waals surface area contributed by atoms with Crippen molar-refractivity contribution in [1.29, 1.82) is 0 Å². The van der Waals surface area contributed by atoms with Crippen LogP contribution in [0.5, 0.6) is 0 Å². The number of sulfone groups is 2. The van der Waals surface area contributed by atoms with Crippen LogP contribution in [0, 0.1) is 6.92 Å². The molecule has 0 N–H and O–H groups in total. The third kappa shape index (κ3) is 13.7. The van der Waals surface area contributed by atoms with Gasteiger partial charge in [-0.2, -0.15) is 0 Å². The molecule has 0 saturated heterocycles. The number of unbranched alkanes of at least 4 members (excludes halogenated alkanes) is 18. The maximum Gasteiger partial charge on any atom is 0.190 e. The average molecular weight is 1140 g/mol. The number of thiophene rings is 7. The van der Waals surface area contributed by atoms with Crippen LogP contribution >= 0.6 is 105 Å². The van der Waals surface area contributed by atoms with E-state index in [1.165, 1.54) is 125 Å². The largest absolute Gasteiger partial charge is 0.223 e. The lowest BCUT2D eigenvalue weighted by Crippen LogP contribution is -2.24. The molecule has 7 aromatic heterocycles. The second kappa shape index (κ2) is 25.5. The highest BCUT2D eigenvalue weighted by Crippen LogP contribution is 2.51. The number of hydrogen-bond acceptors (Lipinski definition) is 13. The van der Waals surface area contributed by atoms with Crippen LogP contribution in [-0.2, 0) is 25.1 Å². The lowest BCUT2D eigenvalue weighted by molar-refractivity contribution is 0.517. The zero-order valence-corrected chi connectivity index (χ0v) is 50.6. The normalized spacial score (nSPS) is 12.8. The molecule has 0 unspecified atom stereocenters. The fourth-order valence-corrected chi connectivity index (χ4v) is 23.8. The summed E-state index contributed by atoms with van der Waals surface area (Å²) in [6.07, 6.45) is 22.5. The van der Waals surface area contributed by atoms with Crippen molar-refractivity contribution in [3.8, 4) is 29.3 Å². The topological polar surface area (TPSA) is 68.3 Å². The van der Waals surface area contributed by atoms with E-state index in [9.17, 15) is 16.8 Å². The van der Waals surface area contributed by atoms with Crippen molar-refractivity contribution in [2.45, 2.75) is 182 Å². The summed E-state index contributed by atoms with van der Waals surface area (Å²) >= 11 is 21.5. The molecule has 7 rings (SSSR count). The summed E-state index contributed by atoms with van der Waals surface area (Å²) in [7, 11) is -8.34. The molecule has 378 valence electrons. The Balaban J connectivity index is 1.20. The van der Waals surface area contributed by atoms with Crippen molar-refractivity contribution in [1.82, 2.24) is 0 Å². The highest BCUT2D eigenvalue weighted by atomic mass is 32.3. The zero-order valence-electron chi connectivity index (χ0n) is 41.4. The third-order valence-electron chi connectivity index (χ3n) is 13.5. The molecule has 0 radical (unpaired) electrons. The summed E-state index contributed by atoms with van der Waals surface area (Å²) in [6, 6.07) is 13.6. The Bertz CT molecular complexity index is 3080. The van der Waals surface area contributed by atoms with E-state index in [0.717, 1.165) is 87.2 Å². The van der Waals surface area contributed by atoms with E-state index >= 15 is 0 Å². The Hall–Kier alpha value is -0.980. The summed E-state index contributed by atoms with van der Waals surface area (Å²) in [6.45, 7) is 13.3. The highest BCUT2D eigenvalue weighted by Gasteiger charge is 2.34. The molecule has 7 aromatic rings. The van der Waals surface area contributed by atoms with Gasteiger partial charge in [0.05, 0.1) is 39.1 Å². The predicted molar refractivity (Wildman–Crippen MR) is 324 cm³/mol. The van der Waals surface area contributed by atoms with Crippen molar-refractivity contribution >= 4 is 162 Å². The van der Waals surface area contributed by atoms with E-state index < -0.39 is 19.7 Å². The Morgan fingerprint density at radius 3 is 1.42 bits per heavy atom. The molecule has 0 bridgehead atoms. The number of rotatable bonds is 29. The van der Waals surface area contributed by atoms with Gasteiger partial charge in [-0.1, -0.05) is 150 Å². The van der Waals surface area contributed by atoms with Crippen LogP contribution in [0.3, 0.4) is 0 Å². The highest BCUT2D eigenvalue weighted by molar-refractivity contribution is 8.22. The molecule has 0 atom stereocenters. The first-order valence-electron chi connectivity index (χ1n) is 25.4. The van der Waals surface area contributed by atoms with E-state index in [0.29, 0.717) is 27.0 Å². The molecule has 4 nitrogen and oxygen atoms in total. The first kappa shape index (κ1) is 55.8. The van der Waals surface area contributed by atoms with Crippen LogP contribution in [0.1, 0.15) is 179 Å². The lowest BCUT2D eigenvalue weighted by Gasteiger charge is -2.20. The van der Waals surface area contributed by atoms with Crippen molar-refractivity contribution < 1.29 is 16.8 Å². The quantitative estimate of drug-likeness (QED) is 0.0362. The van der Waals surface area contributed by atoms with Gasteiger partial charge in [0.2, 0.25) is 0 Å². The van der Waals surface area contributed by atoms with E-state index in [1.54, 1.807) is 11.3 Å². The number of hydrogen-bond donors (Lipinski definition) is 2. The molecule has 0 aliphatic carbocycles. The van der Waals surface area contributed by atoms with Crippen LogP contribution in [0.15, 0.2) is 36.4 Å². The molecular formula is C54H72O4S11. The minimum absolute atomic E-state index is 0.166. The monoisotopic (exact) mass is 1140 g/mol. The first-order chi connectivity index (χ1) is 33.1. The minimum Gasteiger partial charge on any atom is -0.223 e. The van der Waals surface area contributed by atoms with Crippen molar-refractivity contribution in [3.63, 3.8) is 0 Å². The van der Waals surface area contributed by atoms with Gasteiger partial charge >= 0.3 is 0 Å². The summed E-state index contributed by atoms with van der Waals surface area (Å²) in [4.78, 5) is 9.15. The van der Waals surface area contributed by atoms with E-state index in [1.807, 2.05) is 52.3 Å². The number of aryl methyl sites for hydroxylation is 1. The Labute approximate surface area is 452 Å². The van der Waals surface area contributed by atoms with E-state index in [-0.39, 0.29) is 21.2 Å². The van der Waals surface area contributed by atoms with Gasteiger partial charge in [0.1, 0.15) is 0 Å². The van der Waals surface area contributed by atoms with Gasteiger partial charge in [-0.3, -0.25) is 0 Å². The Morgan fingerprint density at radius 1 is 0.493 bits per heavy atom. The fourth-order valence-electron chi connectivity index (χ4n) is 9.11. The van der Waals surface area contributed by atoms with Gasteiger partial charge in [-0.05, 0) is 68.0 Å². The molecule has 0 amide bonds. The molecule has 0 fully saturated rings. The summed E-state index contributed by atoms with van der Waals surface area (Å²) in [5.41, 5.74) is 0.168. The molecular weight excluding hydrogens is 1070 g/mol. The SMILES string of the molecule is CCCCCCCCCCCCS(=O)(=O)C(=c1sc(C)c2c(=C(S)S)sc(-c3ccc(-c4cc5sc6cc(-c7ccc(C(C)(C)CC)s7)sc6c5s4)s3)c12)S(=O)(=O)CCCCCCCCCCCC. The molecule has 15 heteroatoms. The maximum absolute atomic E-state index is 14.8. The fraction of sp³-hybridized carbons (Fsp3) is 0.556. The van der Waals surface area contributed by atoms with Crippen LogP contribution < -0.4 is 9.06 Å². The molecule has 0 spiro atoms. The minimum atomic E-state index is -4.17. The van der Waals surface area contributed by atoms with Gasteiger partial charge in [0.15, 0.2) is 23.9 Å². The van der Waals surface area contributed by atoms with E-state index in [2.05, 4.69) is 71.0 Å². The van der Waals surface area contributed by atoms with E-state index in [4.69, 9.17) is 25.3 Å². The second-order valence-corrected chi connectivity index (χ2v) is 32.6.